The van der Waals surface area contributed by atoms with Crippen molar-refractivity contribution in [1.29, 1.82) is 0 Å². The molecule has 1 saturated heterocycles. The van der Waals surface area contributed by atoms with Gasteiger partial charge in [0.2, 0.25) is 0 Å². The van der Waals surface area contributed by atoms with E-state index in [1.807, 2.05) is 0 Å². The number of benzene rings is 2. The summed E-state index contributed by atoms with van der Waals surface area (Å²) in [7, 11) is 1.53. The quantitative estimate of drug-likeness (QED) is 0.755. The van der Waals surface area contributed by atoms with Crippen molar-refractivity contribution in [3.63, 3.8) is 0 Å². The Labute approximate surface area is 160 Å². The predicted molar refractivity (Wildman–Crippen MR) is 95.7 cm³/mol. The third-order valence-corrected chi connectivity index (χ3v) is 4.67. The molecule has 0 saturated carbocycles. The Balaban J connectivity index is 1.70. The highest BCUT2D eigenvalue weighted by Crippen LogP contribution is 2.19. The Kier molecular flexibility index (Phi) is 5.87. The summed E-state index contributed by atoms with van der Waals surface area (Å²) in [5.41, 5.74) is -0.0268. The maximum Gasteiger partial charge on any atom is 0.257 e. The molecule has 2 aromatic carbocycles. The largest absolute Gasteiger partial charge is 0.497 e. The molecule has 5 nitrogen and oxygen atoms in total. The lowest BCUT2D eigenvalue weighted by molar-refractivity contribution is 0.0715. The van der Waals surface area contributed by atoms with E-state index in [1.54, 1.807) is 29.2 Å². The molecular formula is C20H19F3N2O3. The summed E-state index contributed by atoms with van der Waals surface area (Å²) in [6.45, 7) is 1.12. The molecule has 1 aliphatic heterocycles. The SMILES string of the molecule is COc1ccc(C(=O)N2CCCN(C(=O)c3ccc(F)c(F)c3F)CC2)cc1. The van der Waals surface area contributed by atoms with Crippen LogP contribution in [0.1, 0.15) is 27.1 Å². The van der Waals surface area contributed by atoms with E-state index in [-0.39, 0.29) is 25.5 Å². The Morgan fingerprint density at radius 1 is 0.821 bits per heavy atom. The van der Waals surface area contributed by atoms with Crippen LogP contribution < -0.4 is 4.74 Å². The first kappa shape index (κ1) is 19.7. The van der Waals surface area contributed by atoms with E-state index in [4.69, 9.17) is 4.74 Å². The lowest BCUT2D eigenvalue weighted by Gasteiger charge is -2.22. The van der Waals surface area contributed by atoms with Gasteiger partial charge in [0, 0.05) is 31.7 Å². The first-order chi connectivity index (χ1) is 13.4. The lowest BCUT2D eigenvalue weighted by Crippen LogP contribution is -2.37. The van der Waals surface area contributed by atoms with Gasteiger partial charge in [-0.3, -0.25) is 9.59 Å². The van der Waals surface area contributed by atoms with Crippen LogP contribution in [0.2, 0.25) is 0 Å². The van der Waals surface area contributed by atoms with E-state index in [0.717, 1.165) is 12.1 Å². The highest BCUT2D eigenvalue weighted by atomic mass is 19.2. The number of nitrogens with zero attached hydrogens (tertiary/aromatic N) is 2. The van der Waals surface area contributed by atoms with Crippen molar-refractivity contribution in [2.45, 2.75) is 6.42 Å². The van der Waals surface area contributed by atoms with Gasteiger partial charge in [-0.05, 0) is 42.8 Å². The van der Waals surface area contributed by atoms with Gasteiger partial charge in [0.25, 0.3) is 11.8 Å². The summed E-state index contributed by atoms with van der Waals surface area (Å²) in [5.74, 6) is -4.79. The molecule has 148 valence electrons. The lowest BCUT2D eigenvalue weighted by atomic mass is 10.1. The molecule has 1 heterocycles. The van der Waals surface area contributed by atoms with Crippen molar-refractivity contribution in [2.24, 2.45) is 0 Å². The first-order valence-electron chi connectivity index (χ1n) is 8.78. The van der Waals surface area contributed by atoms with Crippen molar-refractivity contribution < 1.29 is 27.5 Å². The maximum absolute atomic E-state index is 13.9. The van der Waals surface area contributed by atoms with Gasteiger partial charge < -0.3 is 14.5 Å². The van der Waals surface area contributed by atoms with Crippen LogP contribution in [0.5, 0.6) is 5.75 Å². The number of hydrogen-bond donors (Lipinski definition) is 0. The molecular weight excluding hydrogens is 373 g/mol. The topological polar surface area (TPSA) is 49.9 Å². The third kappa shape index (κ3) is 3.95. The summed E-state index contributed by atoms with van der Waals surface area (Å²) in [5, 5.41) is 0. The minimum Gasteiger partial charge on any atom is -0.497 e. The minimum atomic E-state index is -1.67. The van der Waals surface area contributed by atoms with E-state index in [9.17, 15) is 22.8 Å². The highest BCUT2D eigenvalue weighted by Gasteiger charge is 2.26. The van der Waals surface area contributed by atoms with Gasteiger partial charge in [-0.15, -0.1) is 0 Å². The Morgan fingerprint density at radius 2 is 1.43 bits per heavy atom. The van der Waals surface area contributed by atoms with E-state index in [2.05, 4.69) is 0 Å². The Morgan fingerprint density at radius 3 is 2.04 bits per heavy atom. The molecule has 0 aliphatic carbocycles. The second-order valence-corrected chi connectivity index (χ2v) is 6.39. The molecule has 3 rings (SSSR count). The molecule has 0 unspecified atom stereocenters. The van der Waals surface area contributed by atoms with Gasteiger partial charge in [-0.25, -0.2) is 13.2 Å². The average molecular weight is 392 g/mol. The average Bonchev–Trinajstić information content (AvgIpc) is 2.97. The van der Waals surface area contributed by atoms with Crippen LogP contribution in [-0.4, -0.2) is 54.9 Å². The van der Waals surface area contributed by atoms with Crippen LogP contribution >= 0.6 is 0 Å². The maximum atomic E-state index is 13.9. The zero-order valence-electron chi connectivity index (χ0n) is 15.3. The number of carbonyl (C=O) groups excluding carboxylic acids is 2. The molecule has 2 amide bonds. The summed E-state index contributed by atoms with van der Waals surface area (Å²) in [6, 6.07) is 8.35. The van der Waals surface area contributed by atoms with Crippen LogP contribution in [-0.2, 0) is 0 Å². The van der Waals surface area contributed by atoms with Crippen LogP contribution in [0.4, 0.5) is 13.2 Å². The number of halogens is 3. The van der Waals surface area contributed by atoms with Gasteiger partial charge in [-0.1, -0.05) is 0 Å². The van der Waals surface area contributed by atoms with Crippen molar-refractivity contribution in [2.75, 3.05) is 33.3 Å². The number of methoxy groups -OCH3 is 1. The van der Waals surface area contributed by atoms with E-state index in [1.165, 1.54) is 12.0 Å². The molecule has 0 N–H and O–H groups in total. The predicted octanol–water partition coefficient (Wildman–Crippen LogP) is 3.10. The number of amides is 2. The highest BCUT2D eigenvalue weighted by molar-refractivity contribution is 5.95. The van der Waals surface area contributed by atoms with Gasteiger partial charge in [-0.2, -0.15) is 0 Å². The third-order valence-electron chi connectivity index (χ3n) is 4.67. The standard InChI is InChI=1S/C20H19F3N2O3/c1-28-14-5-3-13(4-6-14)19(26)24-9-2-10-25(12-11-24)20(27)15-7-8-16(21)18(23)17(15)22/h3-8H,2,9-12H2,1H3. The minimum absolute atomic E-state index is 0.166. The molecule has 0 aromatic heterocycles. The fourth-order valence-electron chi connectivity index (χ4n) is 3.10. The van der Waals surface area contributed by atoms with Gasteiger partial charge in [0.1, 0.15) is 5.75 Å². The molecule has 28 heavy (non-hydrogen) atoms. The zero-order valence-corrected chi connectivity index (χ0v) is 15.3. The summed E-state index contributed by atoms with van der Waals surface area (Å²) in [6.07, 6.45) is 0.485. The van der Waals surface area contributed by atoms with Crippen LogP contribution in [0, 0.1) is 17.5 Å². The smallest absolute Gasteiger partial charge is 0.257 e. The molecule has 0 bridgehead atoms. The molecule has 0 radical (unpaired) electrons. The number of rotatable bonds is 3. The first-order valence-corrected chi connectivity index (χ1v) is 8.78. The van der Waals surface area contributed by atoms with Crippen molar-refractivity contribution >= 4 is 11.8 Å². The fourth-order valence-corrected chi connectivity index (χ4v) is 3.10. The number of hydrogen-bond acceptors (Lipinski definition) is 3. The van der Waals surface area contributed by atoms with E-state index >= 15 is 0 Å². The molecule has 8 heteroatoms. The van der Waals surface area contributed by atoms with Crippen molar-refractivity contribution in [1.82, 2.24) is 9.80 Å². The summed E-state index contributed by atoms with van der Waals surface area (Å²) >= 11 is 0. The fraction of sp³-hybridized carbons (Fsp3) is 0.300. The Hall–Kier alpha value is -3.03. The second-order valence-electron chi connectivity index (χ2n) is 6.39. The van der Waals surface area contributed by atoms with Crippen LogP contribution in [0.15, 0.2) is 36.4 Å². The van der Waals surface area contributed by atoms with Gasteiger partial charge in [0.05, 0.1) is 12.7 Å². The molecule has 1 aliphatic rings. The van der Waals surface area contributed by atoms with Crippen LogP contribution in [0.25, 0.3) is 0 Å². The number of ether oxygens (including phenoxy) is 1. The Bertz CT molecular complexity index is 887. The normalized spacial score (nSPS) is 14.6. The van der Waals surface area contributed by atoms with Crippen molar-refractivity contribution in [3.05, 3.63) is 65.0 Å². The van der Waals surface area contributed by atoms with E-state index in [0.29, 0.717) is 24.3 Å². The van der Waals surface area contributed by atoms with Crippen LogP contribution in [0.3, 0.4) is 0 Å². The second kappa shape index (κ2) is 8.33. The summed E-state index contributed by atoms with van der Waals surface area (Å²) in [4.78, 5) is 28.2. The van der Waals surface area contributed by atoms with Gasteiger partial charge in [0.15, 0.2) is 17.5 Å². The molecule has 2 aromatic rings. The zero-order chi connectivity index (χ0) is 20.3. The molecule has 0 atom stereocenters. The van der Waals surface area contributed by atoms with Crippen molar-refractivity contribution in [3.8, 4) is 5.75 Å². The number of carbonyl (C=O) groups is 2. The molecule has 1 fully saturated rings. The van der Waals surface area contributed by atoms with Gasteiger partial charge >= 0.3 is 0 Å². The summed E-state index contributed by atoms with van der Waals surface area (Å²) < 4.78 is 45.5. The monoisotopic (exact) mass is 392 g/mol. The van der Waals surface area contributed by atoms with E-state index < -0.39 is 28.9 Å². The molecule has 0 spiro atoms.